The fourth-order valence-electron chi connectivity index (χ4n) is 1.55. The minimum absolute atomic E-state index is 0.308. The van der Waals surface area contributed by atoms with E-state index in [1.54, 1.807) is 0 Å². The summed E-state index contributed by atoms with van der Waals surface area (Å²) < 4.78 is 76.5. The summed E-state index contributed by atoms with van der Waals surface area (Å²) in [6, 6.07) is 1.82. The smallest absolute Gasteiger partial charge is 0.332 e. The van der Waals surface area contributed by atoms with Gasteiger partial charge in [-0.05, 0) is 25.1 Å². The lowest BCUT2D eigenvalue weighted by atomic mass is 10.2. The maximum atomic E-state index is 13.1. The summed E-state index contributed by atoms with van der Waals surface area (Å²) >= 11 is 0. The number of nitrogens with one attached hydrogen (secondary N) is 2. The monoisotopic (exact) mass is 323 g/mol. The Labute approximate surface area is 117 Å². The molecule has 2 aromatic rings. The van der Waals surface area contributed by atoms with Crippen LogP contribution >= 0.6 is 0 Å². The van der Waals surface area contributed by atoms with Gasteiger partial charge in [-0.15, -0.1) is 0 Å². The van der Waals surface area contributed by atoms with E-state index in [-0.39, 0.29) is 5.03 Å². The highest BCUT2D eigenvalue weighted by Gasteiger charge is 2.34. The molecular weight excluding hydrogens is 314 g/mol. The molecule has 0 bridgehead atoms. The first-order valence-corrected chi connectivity index (χ1v) is 6.99. The quantitative estimate of drug-likeness (QED) is 0.853. The van der Waals surface area contributed by atoms with Crippen molar-refractivity contribution in [2.45, 2.75) is 18.1 Å². The van der Waals surface area contributed by atoms with Gasteiger partial charge in [-0.2, -0.15) is 21.6 Å². The maximum Gasteiger partial charge on any atom is 0.419 e. The lowest BCUT2D eigenvalue weighted by Gasteiger charge is -2.11. The predicted molar refractivity (Wildman–Crippen MR) is 65.5 cm³/mol. The maximum absolute atomic E-state index is 13.1. The molecule has 0 atom stereocenters. The van der Waals surface area contributed by atoms with Gasteiger partial charge < -0.3 is 4.98 Å². The molecule has 2 N–H and O–H groups in total. The SMILES string of the molecule is Cc1ncc(S(=O)(=O)Nc2ccc(F)c(C(F)(F)F)c2)[nH]1. The van der Waals surface area contributed by atoms with E-state index >= 15 is 0 Å². The summed E-state index contributed by atoms with van der Waals surface area (Å²) in [4.78, 5) is 6.12. The Morgan fingerprint density at radius 1 is 1.29 bits per heavy atom. The van der Waals surface area contributed by atoms with Crippen molar-refractivity contribution < 1.29 is 26.0 Å². The molecular formula is C11H9F4N3O2S. The number of anilines is 1. The average molecular weight is 323 g/mol. The summed E-state index contributed by atoms with van der Waals surface area (Å²) in [5, 5.41) is -0.308. The second-order valence-corrected chi connectivity index (χ2v) is 5.78. The van der Waals surface area contributed by atoms with E-state index in [0.29, 0.717) is 18.0 Å². The zero-order valence-corrected chi connectivity index (χ0v) is 11.3. The van der Waals surface area contributed by atoms with Gasteiger partial charge in [0.2, 0.25) is 0 Å². The number of sulfonamides is 1. The Morgan fingerprint density at radius 3 is 2.48 bits per heavy atom. The molecule has 5 nitrogen and oxygen atoms in total. The summed E-state index contributed by atoms with van der Waals surface area (Å²) in [5.41, 5.74) is -1.96. The van der Waals surface area contributed by atoms with Crippen LogP contribution in [0.1, 0.15) is 11.4 Å². The van der Waals surface area contributed by atoms with E-state index in [4.69, 9.17) is 0 Å². The normalized spacial score (nSPS) is 12.4. The van der Waals surface area contributed by atoms with Crippen molar-refractivity contribution in [2.75, 3.05) is 4.72 Å². The van der Waals surface area contributed by atoms with Crippen LogP contribution in [-0.2, 0) is 16.2 Å². The van der Waals surface area contributed by atoms with Gasteiger partial charge in [-0.25, -0.2) is 9.37 Å². The van der Waals surface area contributed by atoms with Gasteiger partial charge in [0.25, 0.3) is 10.0 Å². The number of H-pyrrole nitrogens is 1. The van der Waals surface area contributed by atoms with Crippen molar-refractivity contribution in [3.63, 3.8) is 0 Å². The Balaban J connectivity index is 2.36. The third kappa shape index (κ3) is 3.32. The van der Waals surface area contributed by atoms with Gasteiger partial charge in [-0.1, -0.05) is 0 Å². The third-order valence-corrected chi connectivity index (χ3v) is 3.78. The number of halogens is 4. The molecule has 0 aliphatic heterocycles. The lowest BCUT2D eigenvalue weighted by molar-refractivity contribution is -0.139. The second kappa shape index (κ2) is 5.02. The van der Waals surface area contributed by atoms with Crippen LogP contribution in [0.4, 0.5) is 23.2 Å². The van der Waals surface area contributed by atoms with Gasteiger partial charge in [0.05, 0.1) is 11.8 Å². The zero-order chi connectivity index (χ0) is 15.8. The molecule has 0 radical (unpaired) electrons. The van der Waals surface area contributed by atoms with Crippen LogP contribution < -0.4 is 4.72 Å². The van der Waals surface area contributed by atoms with Crippen molar-refractivity contribution in [1.82, 2.24) is 9.97 Å². The first-order chi connectivity index (χ1) is 9.59. The van der Waals surface area contributed by atoms with Crippen LogP contribution in [-0.4, -0.2) is 18.4 Å². The van der Waals surface area contributed by atoms with Crippen LogP contribution in [0, 0.1) is 12.7 Å². The molecule has 1 aromatic heterocycles. The molecule has 21 heavy (non-hydrogen) atoms. The molecule has 10 heteroatoms. The number of aryl methyl sites for hydroxylation is 1. The molecule has 0 aliphatic carbocycles. The zero-order valence-electron chi connectivity index (χ0n) is 10.5. The van der Waals surface area contributed by atoms with Gasteiger partial charge in [0.1, 0.15) is 11.6 Å². The molecule has 1 heterocycles. The second-order valence-electron chi connectivity index (χ2n) is 4.13. The fraction of sp³-hybridized carbons (Fsp3) is 0.182. The van der Waals surface area contributed by atoms with E-state index in [0.717, 1.165) is 12.3 Å². The minimum Gasteiger partial charge on any atom is -0.332 e. The fourth-order valence-corrected chi connectivity index (χ4v) is 2.57. The number of benzene rings is 1. The molecule has 0 unspecified atom stereocenters. The minimum atomic E-state index is -4.92. The number of nitrogens with zero attached hydrogens (tertiary/aromatic N) is 1. The van der Waals surface area contributed by atoms with E-state index < -0.39 is 33.3 Å². The predicted octanol–water partition coefficient (Wildman–Crippen LogP) is 2.68. The highest BCUT2D eigenvalue weighted by molar-refractivity contribution is 7.92. The Hall–Kier alpha value is -2.10. The van der Waals surface area contributed by atoms with E-state index in [9.17, 15) is 26.0 Å². The number of hydrogen-bond donors (Lipinski definition) is 2. The van der Waals surface area contributed by atoms with Crippen LogP contribution in [0.5, 0.6) is 0 Å². The van der Waals surface area contributed by atoms with E-state index in [1.165, 1.54) is 6.92 Å². The molecule has 0 amide bonds. The van der Waals surface area contributed by atoms with Gasteiger partial charge >= 0.3 is 6.18 Å². The molecule has 2 rings (SSSR count). The van der Waals surface area contributed by atoms with Crippen LogP contribution in [0.3, 0.4) is 0 Å². The van der Waals surface area contributed by atoms with Crippen molar-refractivity contribution in [2.24, 2.45) is 0 Å². The van der Waals surface area contributed by atoms with Crippen LogP contribution in [0.15, 0.2) is 29.4 Å². The van der Waals surface area contributed by atoms with Crippen molar-refractivity contribution >= 4 is 15.7 Å². The summed E-state index contributed by atoms with van der Waals surface area (Å²) in [6.45, 7) is 1.51. The summed E-state index contributed by atoms with van der Waals surface area (Å²) in [5.74, 6) is -1.16. The number of alkyl halides is 3. The first-order valence-electron chi connectivity index (χ1n) is 5.51. The Morgan fingerprint density at radius 2 is 1.95 bits per heavy atom. The number of hydrogen-bond acceptors (Lipinski definition) is 3. The van der Waals surface area contributed by atoms with E-state index in [2.05, 4.69) is 9.97 Å². The topological polar surface area (TPSA) is 74.8 Å². The molecule has 0 saturated carbocycles. The van der Waals surface area contributed by atoms with Crippen LogP contribution in [0.25, 0.3) is 0 Å². The Bertz CT molecular complexity index is 768. The highest BCUT2D eigenvalue weighted by Crippen LogP contribution is 2.33. The summed E-state index contributed by atoms with van der Waals surface area (Å²) in [7, 11) is -4.13. The largest absolute Gasteiger partial charge is 0.419 e. The van der Waals surface area contributed by atoms with Crippen molar-refractivity contribution in [3.05, 3.63) is 41.6 Å². The molecule has 1 aromatic carbocycles. The van der Waals surface area contributed by atoms with Gasteiger partial charge in [0.15, 0.2) is 5.03 Å². The average Bonchev–Trinajstić information content (AvgIpc) is 2.77. The van der Waals surface area contributed by atoms with E-state index in [1.807, 2.05) is 4.72 Å². The Kier molecular flexibility index (Phi) is 3.66. The first kappa shape index (κ1) is 15.3. The highest BCUT2D eigenvalue weighted by atomic mass is 32.2. The van der Waals surface area contributed by atoms with Crippen molar-refractivity contribution in [1.29, 1.82) is 0 Å². The van der Waals surface area contributed by atoms with Gasteiger partial charge in [0, 0.05) is 5.69 Å². The standard InChI is InChI=1S/C11H9F4N3O2S/c1-6-16-5-10(17-6)21(19,20)18-7-2-3-9(12)8(4-7)11(13,14)15/h2-5,18H,1H3,(H,16,17). The molecule has 0 fully saturated rings. The van der Waals surface area contributed by atoms with Crippen molar-refractivity contribution in [3.8, 4) is 0 Å². The van der Waals surface area contributed by atoms with Gasteiger partial charge in [-0.3, -0.25) is 4.72 Å². The van der Waals surface area contributed by atoms with Crippen LogP contribution in [0.2, 0.25) is 0 Å². The number of imidazole rings is 1. The lowest BCUT2D eigenvalue weighted by Crippen LogP contribution is -2.15. The molecule has 114 valence electrons. The third-order valence-electron chi connectivity index (χ3n) is 2.49. The molecule has 0 saturated heterocycles. The number of rotatable bonds is 3. The molecule has 0 aliphatic rings. The summed E-state index contributed by atoms with van der Waals surface area (Å²) in [6.07, 6.45) is -3.90. The number of aromatic nitrogens is 2. The number of aromatic amines is 1. The molecule has 0 spiro atoms.